The maximum atomic E-state index is 12.7. The van der Waals surface area contributed by atoms with Crippen molar-refractivity contribution in [3.05, 3.63) is 45.7 Å². The summed E-state index contributed by atoms with van der Waals surface area (Å²) in [5.41, 5.74) is 9.66. The number of aromatic nitrogens is 2. The third kappa shape index (κ3) is 2.38. The van der Waals surface area contributed by atoms with Crippen molar-refractivity contribution in [2.24, 2.45) is 5.73 Å². The van der Waals surface area contributed by atoms with Crippen LogP contribution in [0.2, 0.25) is 0 Å². The third-order valence-corrected chi connectivity index (χ3v) is 5.48. The lowest BCUT2D eigenvalue weighted by Crippen LogP contribution is -2.31. The minimum atomic E-state index is 0.0287. The number of nitrogens with two attached hydrogens (primary N) is 1. The number of rotatable bonds is 3. The molecule has 1 aromatic carbocycles. The zero-order valence-corrected chi connectivity index (χ0v) is 13.2. The Morgan fingerprint density at radius 2 is 2.05 bits per heavy atom. The van der Waals surface area contributed by atoms with Crippen molar-refractivity contribution in [1.82, 2.24) is 9.55 Å². The van der Waals surface area contributed by atoms with Crippen LogP contribution in [0.4, 0.5) is 0 Å². The smallest absolute Gasteiger partial charge is 0.259 e. The fourth-order valence-corrected chi connectivity index (χ4v) is 3.96. The normalized spacial score (nSPS) is 17.3. The van der Waals surface area contributed by atoms with Crippen LogP contribution in [-0.2, 0) is 13.1 Å². The van der Waals surface area contributed by atoms with Crippen LogP contribution < -0.4 is 11.3 Å². The molecule has 1 aliphatic heterocycles. The average Bonchev–Trinajstić information content (AvgIpc) is 3.40. The quantitative estimate of drug-likeness (QED) is 0.885. The molecule has 0 atom stereocenters. The summed E-state index contributed by atoms with van der Waals surface area (Å²) in [6, 6.07) is 8.50. The standard InChI is InChI=1S/C17H19N3OS/c18-10-14-15(13-6-4-12(5-7-13)11-2-3-11)19-17-20(16(14)21)8-1-9-22-17/h4-7,11H,1-3,8-10,18H2. The van der Waals surface area contributed by atoms with Crippen molar-refractivity contribution in [2.45, 2.75) is 43.4 Å². The minimum absolute atomic E-state index is 0.0287. The van der Waals surface area contributed by atoms with Crippen LogP contribution >= 0.6 is 11.8 Å². The summed E-state index contributed by atoms with van der Waals surface area (Å²) in [4.78, 5) is 17.4. The first-order valence-electron chi connectivity index (χ1n) is 7.85. The van der Waals surface area contributed by atoms with Gasteiger partial charge < -0.3 is 5.73 Å². The predicted molar refractivity (Wildman–Crippen MR) is 89.1 cm³/mol. The maximum absolute atomic E-state index is 12.7. The summed E-state index contributed by atoms with van der Waals surface area (Å²) in [6.07, 6.45) is 3.60. The molecule has 2 aromatic rings. The van der Waals surface area contributed by atoms with Gasteiger partial charge in [0, 0.05) is 24.4 Å². The van der Waals surface area contributed by atoms with Crippen LogP contribution in [0.1, 0.15) is 36.3 Å². The predicted octanol–water partition coefficient (Wildman–Crippen LogP) is 2.74. The van der Waals surface area contributed by atoms with Crippen LogP contribution in [0.15, 0.2) is 34.2 Å². The summed E-state index contributed by atoms with van der Waals surface area (Å²) in [5.74, 6) is 1.76. The van der Waals surface area contributed by atoms with Gasteiger partial charge in [0.15, 0.2) is 5.16 Å². The molecule has 1 fully saturated rings. The maximum Gasteiger partial charge on any atom is 0.259 e. The largest absolute Gasteiger partial charge is 0.326 e. The van der Waals surface area contributed by atoms with Gasteiger partial charge in [-0.3, -0.25) is 9.36 Å². The van der Waals surface area contributed by atoms with E-state index in [1.165, 1.54) is 18.4 Å². The van der Waals surface area contributed by atoms with E-state index in [-0.39, 0.29) is 12.1 Å². The van der Waals surface area contributed by atoms with Gasteiger partial charge in [0.25, 0.3) is 5.56 Å². The van der Waals surface area contributed by atoms with Crippen molar-refractivity contribution in [3.63, 3.8) is 0 Å². The molecule has 22 heavy (non-hydrogen) atoms. The fourth-order valence-electron chi connectivity index (χ4n) is 3.02. The monoisotopic (exact) mass is 313 g/mol. The summed E-state index contributed by atoms with van der Waals surface area (Å²) in [6.45, 7) is 0.985. The van der Waals surface area contributed by atoms with Gasteiger partial charge in [-0.15, -0.1) is 0 Å². The fraction of sp³-hybridized carbons (Fsp3) is 0.412. The zero-order valence-electron chi connectivity index (χ0n) is 12.4. The summed E-state index contributed by atoms with van der Waals surface area (Å²) >= 11 is 1.66. The van der Waals surface area contributed by atoms with Gasteiger partial charge >= 0.3 is 0 Å². The minimum Gasteiger partial charge on any atom is -0.326 e. The highest BCUT2D eigenvalue weighted by Crippen LogP contribution is 2.40. The number of hydrogen-bond acceptors (Lipinski definition) is 4. The summed E-state index contributed by atoms with van der Waals surface area (Å²) in [7, 11) is 0. The van der Waals surface area contributed by atoms with Crippen LogP contribution in [-0.4, -0.2) is 15.3 Å². The number of thioether (sulfide) groups is 1. The van der Waals surface area contributed by atoms with E-state index in [1.54, 1.807) is 16.3 Å². The zero-order chi connectivity index (χ0) is 15.1. The van der Waals surface area contributed by atoms with Gasteiger partial charge in [0.1, 0.15) is 0 Å². The third-order valence-electron chi connectivity index (χ3n) is 4.42. The van der Waals surface area contributed by atoms with Crippen molar-refractivity contribution < 1.29 is 0 Å². The second-order valence-electron chi connectivity index (χ2n) is 5.98. The molecular formula is C17H19N3OS. The molecule has 0 radical (unpaired) electrons. The highest BCUT2D eigenvalue weighted by atomic mass is 32.2. The molecule has 1 saturated carbocycles. The highest BCUT2D eigenvalue weighted by Gasteiger charge is 2.24. The Morgan fingerprint density at radius 3 is 2.73 bits per heavy atom. The van der Waals surface area contributed by atoms with Gasteiger partial charge in [-0.25, -0.2) is 4.98 Å². The molecule has 4 nitrogen and oxygen atoms in total. The summed E-state index contributed by atoms with van der Waals surface area (Å²) < 4.78 is 1.78. The number of fused-ring (bicyclic) bond motifs is 1. The molecule has 4 rings (SSSR count). The molecule has 0 spiro atoms. The Labute approximate surface area is 133 Å². The Balaban J connectivity index is 1.82. The van der Waals surface area contributed by atoms with E-state index in [9.17, 15) is 4.79 Å². The Bertz CT molecular complexity index is 763. The molecule has 2 aliphatic rings. The number of benzene rings is 1. The molecule has 0 bridgehead atoms. The molecule has 0 amide bonds. The van der Waals surface area contributed by atoms with E-state index in [1.807, 2.05) is 0 Å². The lowest BCUT2D eigenvalue weighted by molar-refractivity contribution is 0.557. The van der Waals surface area contributed by atoms with Gasteiger partial charge in [0.05, 0.1) is 11.3 Å². The lowest BCUT2D eigenvalue weighted by atomic mass is 10.0. The molecule has 2 heterocycles. The Kier molecular flexibility index (Phi) is 3.54. The van der Waals surface area contributed by atoms with E-state index >= 15 is 0 Å². The van der Waals surface area contributed by atoms with Crippen LogP contribution in [0, 0.1) is 0 Å². The van der Waals surface area contributed by atoms with E-state index in [2.05, 4.69) is 24.3 Å². The molecule has 114 valence electrons. The van der Waals surface area contributed by atoms with E-state index < -0.39 is 0 Å². The second-order valence-corrected chi connectivity index (χ2v) is 7.04. The molecule has 0 unspecified atom stereocenters. The van der Waals surface area contributed by atoms with Crippen molar-refractivity contribution >= 4 is 11.8 Å². The van der Waals surface area contributed by atoms with Gasteiger partial charge in [-0.2, -0.15) is 0 Å². The van der Waals surface area contributed by atoms with E-state index in [0.717, 1.165) is 41.1 Å². The molecule has 1 aromatic heterocycles. The molecule has 0 saturated heterocycles. The van der Waals surface area contributed by atoms with E-state index in [0.29, 0.717) is 5.56 Å². The molecule has 5 heteroatoms. The molecular weight excluding hydrogens is 294 g/mol. The highest BCUT2D eigenvalue weighted by molar-refractivity contribution is 7.99. The lowest BCUT2D eigenvalue weighted by Gasteiger charge is -2.19. The summed E-state index contributed by atoms with van der Waals surface area (Å²) in [5, 5.41) is 0.828. The number of hydrogen-bond donors (Lipinski definition) is 1. The van der Waals surface area contributed by atoms with Gasteiger partial charge in [0.2, 0.25) is 0 Å². The first-order valence-corrected chi connectivity index (χ1v) is 8.83. The van der Waals surface area contributed by atoms with Gasteiger partial charge in [-0.05, 0) is 30.7 Å². The van der Waals surface area contributed by atoms with E-state index in [4.69, 9.17) is 10.7 Å². The Hall–Kier alpha value is -1.59. The second kappa shape index (κ2) is 5.56. The van der Waals surface area contributed by atoms with Gasteiger partial charge in [-0.1, -0.05) is 36.0 Å². The van der Waals surface area contributed by atoms with Crippen LogP contribution in [0.5, 0.6) is 0 Å². The molecule has 2 N–H and O–H groups in total. The van der Waals surface area contributed by atoms with Crippen LogP contribution in [0.25, 0.3) is 11.3 Å². The topological polar surface area (TPSA) is 60.9 Å². The Morgan fingerprint density at radius 1 is 1.27 bits per heavy atom. The SMILES string of the molecule is NCc1c(-c2ccc(C3CC3)cc2)nc2n(c1=O)CCCS2. The van der Waals surface area contributed by atoms with Crippen LogP contribution in [0.3, 0.4) is 0 Å². The molecule has 1 aliphatic carbocycles. The van der Waals surface area contributed by atoms with Crippen molar-refractivity contribution in [3.8, 4) is 11.3 Å². The first kappa shape index (κ1) is 14.0. The van der Waals surface area contributed by atoms with Crippen molar-refractivity contribution in [1.29, 1.82) is 0 Å². The average molecular weight is 313 g/mol. The number of nitrogens with zero attached hydrogens (tertiary/aromatic N) is 2. The van der Waals surface area contributed by atoms with Crippen molar-refractivity contribution in [2.75, 3.05) is 5.75 Å². The first-order chi connectivity index (χ1) is 10.8.